The molecule has 0 saturated carbocycles. The van der Waals surface area contributed by atoms with Crippen LogP contribution >= 0.6 is 0 Å². The minimum Gasteiger partial charge on any atom is -0.492 e. The Kier molecular flexibility index (Phi) is 4.52. The zero-order valence-electron chi connectivity index (χ0n) is 11.0. The molecule has 0 saturated heterocycles. The van der Waals surface area contributed by atoms with Crippen molar-refractivity contribution in [3.8, 4) is 5.75 Å². The summed E-state index contributed by atoms with van der Waals surface area (Å²) in [5, 5.41) is 3.03. The SMILES string of the molecule is CS(=O)(=O)CCOc1cccc(Nc2ncccn2)c1. The van der Waals surface area contributed by atoms with Crippen LogP contribution in [0.25, 0.3) is 0 Å². The molecular weight excluding hydrogens is 278 g/mol. The molecule has 0 unspecified atom stereocenters. The summed E-state index contributed by atoms with van der Waals surface area (Å²) in [6.07, 6.45) is 4.46. The molecule has 0 radical (unpaired) electrons. The van der Waals surface area contributed by atoms with Crippen molar-refractivity contribution in [3.05, 3.63) is 42.7 Å². The lowest BCUT2D eigenvalue weighted by Crippen LogP contribution is -2.12. The van der Waals surface area contributed by atoms with E-state index in [1.165, 1.54) is 6.26 Å². The van der Waals surface area contributed by atoms with E-state index in [-0.39, 0.29) is 12.4 Å². The number of rotatable bonds is 6. The van der Waals surface area contributed by atoms with Crippen LogP contribution in [0.5, 0.6) is 5.75 Å². The Hall–Kier alpha value is -2.15. The molecule has 1 N–H and O–H groups in total. The van der Waals surface area contributed by atoms with Crippen molar-refractivity contribution in [2.24, 2.45) is 0 Å². The van der Waals surface area contributed by atoms with Gasteiger partial charge >= 0.3 is 0 Å². The Balaban J connectivity index is 1.97. The maximum Gasteiger partial charge on any atom is 0.227 e. The minimum absolute atomic E-state index is 0.00749. The highest BCUT2D eigenvalue weighted by Gasteiger charge is 2.03. The van der Waals surface area contributed by atoms with Crippen LogP contribution in [-0.4, -0.2) is 37.0 Å². The van der Waals surface area contributed by atoms with Gasteiger partial charge in [0.1, 0.15) is 12.4 Å². The molecule has 0 bridgehead atoms. The number of anilines is 2. The van der Waals surface area contributed by atoms with Gasteiger partial charge in [-0.1, -0.05) is 6.07 Å². The Labute approximate surface area is 117 Å². The number of hydrogen-bond acceptors (Lipinski definition) is 6. The molecule has 0 fully saturated rings. The summed E-state index contributed by atoms with van der Waals surface area (Å²) in [4.78, 5) is 8.11. The Morgan fingerprint density at radius 2 is 1.95 bits per heavy atom. The highest BCUT2D eigenvalue weighted by Crippen LogP contribution is 2.19. The lowest BCUT2D eigenvalue weighted by Gasteiger charge is -2.08. The summed E-state index contributed by atoms with van der Waals surface area (Å²) in [5.74, 6) is 1.07. The molecular formula is C13H15N3O3S. The van der Waals surface area contributed by atoms with E-state index in [0.29, 0.717) is 11.7 Å². The van der Waals surface area contributed by atoms with E-state index in [4.69, 9.17) is 4.74 Å². The number of nitrogens with one attached hydrogen (secondary N) is 1. The van der Waals surface area contributed by atoms with Gasteiger partial charge in [0.25, 0.3) is 0 Å². The van der Waals surface area contributed by atoms with E-state index in [1.54, 1.807) is 36.7 Å². The molecule has 1 aromatic carbocycles. The summed E-state index contributed by atoms with van der Waals surface area (Å²) >= 11 is 0. The van der Waals surface area contributed by atoms with Gasteiger partial charge in [-0.05, 0) is 18.2 Å². The number of ether oxygens (including phenoxy) is 1. The van der Waals surface area contributed by atoms with Gasteiger partial charge in [0.05, 0.1) is 5.75 Å². The molecule has 20 heavy (non-hydrogen) atoms. The molecule has 0 aliphatic carbocycles. The van der Waals surface area contributed by atoms with Gasteiger partial charge in [-0.15, -0.1) is 0 Å². The van der Waals surface area contributed by atoms with Crippen LogP contribution < -0.4 is 10.1 Å². The van der Waals surface area contributed by atoms with Crippen LogP contribution in [0.4, 0.5) is 11.6 Å². The predicted molar refractivity (Wildman–Crippen MR) is 77.0 cm³/mol. The van der Waals surface area contributed by atoms with E-state index in [1.807, 2.05) is 6.07 Å². The molecule has 0 atom stereocenters. The van der Waals surface area contributed by atoms with E-state index in [9.17, 15) is 8.42 Å². The average Bonchev–Trinajstić information content (AvgIpc) is 2.39. The van der Waals surface area contributed by atoms with Crippen molar-refractivity contribution in [2.45, 2.75) is 0 Å². The van der Waals surface area contributed by atoms with E-state index in [0.717, 1.165) is 5.69 Å². The molecule has 1 aromatic heterocycles. The molecule has 0 aliphatic heterocycles. The molecule has 0 amide bonds. The van der Waals surface area contributed by atoms with Crippen LogP contribution in [0.1, 0.15) is 0 Å². The summed E-state index contributed by atoms with van der Waals surface area (Å²) < 4.78 is 27.4. The topological polar surface area (TPSA) is 81.2 Å². The van der Waals surface area contributed by atoms with E-state index >= 15 is 0 Å². The fraction of sp³-hybridized carbons (Fsp3) is 0.231. The van der Waals surface area contributed by atoms with Crippen molar-refractivity contribution in [1.29, 1.82) is 0 Å². The first-order valence-corrected chi connectivity index (χ1v) is 8.04. The Morgan fingerprint density at radius 1 is 1.20 bits per heavy atom. The third-order valence-electron chi connectivity index (χ3n) is 2.38. The predicted octanol–water partition coefficient (Wildman–Crippen LogP) is 1.64. The lowest BCUT2D eigenvalue weighted by molar-refractivity contribution is 0.341. The van der Waals surface area contributed by atoms with Crippen LogP contribution in [0.3, 0.4) is 0 Å². The molecule has 7 heteroatoms. The molecule has 6 nitrogen and oxygen atoms in total. The summed E-state index contributed by atoms with van der Waals surface area (Å²) in [6, 6.07) is 8.91. The second kappa shape index (κ2) is 6.33. The van der Waals surface area contributed by atoms with Crippen molar-refractivity contribution < 1.29 is 13.2 Å². The molecule has 1 heterocycles. The van der Waals surface area contributed by atoms with Gasteiger partial charge in [0, 0.05) is 30.4 Å². The van der Waals surface area contributed by atoms with Crippen molar-refractivity contribution in [1.82, 2.24) is 9.97 Å². The summed E-state index contributed by atoms with van der Waals surface area (Å²) in [5.41, 5.74) is 0.771. The van der Waals surface area contributed by atoms with Crippen LogP contribution in [0, 0.1) is 0 Å². The fourth-order valence-corrected chi connectivity index (χ4v) is 1.85. The largest absolute Gasteiger partial charge is 0.492 e. The zero-order chi connectivity index (χ0) is 14.4. The smallest absolute Gasteiger partial charge is 0.227 e. The van der Waals surface area contributed by atoms with Crippen molar-refractivity contribution in [2.75, 3.05) is 23.9 Å². The number of nitrogens with zero attached hydrogens (tertiary/aromatic N) is 2. The van der Waals surface area contributed by atoms with Gasteiger partial charge in [-0.25, -0.2) is 18.4 Å². The van der Waals surface area contributed by atoms with Gasteiger partial charge < -0.3 is 10.1 Å². The lowest BCUT2D eigenvalue weighted by atomic mass is 10.3. The minimum atomic E-state index is -3.01. The highest BCUT2D eigenvalue weighted by molar-refractivity contribution is 7.90. The molecule has 0 spiro atoms. The second-order valence-electron chi connectivity index (χ2n) is 4.20. The first-order chi connectivity index (χ1) is 9.53. The van der Waals surface area contributed by atoms with Crippen molar-refractivity contribution >= 4 is 21.5 Å². The molecule has 2 rings (SSSR count). The van der Waals surface area contributed by atoms with Crippen LogP contribution in [0.15, 0.2) is 42.7 Å². The fourth-order valence-electron chi connectivity index (χ4n) is 1.47. The van der Waals surface area contributed by atoms with E-state index < -0.39 is 9.84 Å². The van der Waals surface area contributed by atoms with Gasteiger partial charge in [0.2, 0.25) is 5.95 Å². The first kappa shape index (κ1) is 14.3. The van der Waals surface area contributed by atoms with Gasteiger partial charge in [-0.3, -0.25) is 0 Å². The number of benzene rings is 1. The molecule has 2 aromatic rings. The quantitative estimate of drug-likeness (QED) is 0.872. The van der Waals surface area contributed by atoms with Gasteiger partial charge in [0.15, 0.2) is 9.84 Å². The normalized spacial score (nSPS) is 11.1. The Morgan fingerprint density at radius 3 is 2.65 bits per heavy atom. The van der Waals surface area contributed by atoms with Crippen molar-refractivity contribution in [3.63, 3.8) is 0 Å². The first-order valence-electron chi connectivity index (χ1n) is 5.97. The van der Waals surface area contributed by atoms with Crippen LogP contribution in [0.2, 0.25) is 0 Å². The third-order valence-corrected chi connectivity index (χ3v) is 3.29. The third kappa shape index (κ3) is 4.85. The maximum absolute atomic E-state index is 11.0. The number of aromatic nitrogens is 2. The van der Waals surface area contributed by atoms with E-state index in [2.05, 4.69) is 15.3 Å². The summed E-state index contributed by atoms with van der Waals surface area (Å²) in [6.45, 7) is 0.129. The number of hydrogen-bond donors (Lipinski definition) is 1. The monoisotopic (exact) mass is 293 g/mol. The van der Waals surface area contributed by atoms with Crippen LogP contribution in [-0.2, 0) is 9.84 Å². The molecule has 106 valence electrons. The average molecular weight is 293 g/mol. The van der Waals surface area contributed by atoms with Gasteiger partial charge in [-0.2, -0.15) is 0 Å². The zero-order valence-corrected chi connectivity index (χ0v) is 11.8. The number of sulfone groups is 1. The summed E-state index contributed by atoms with van der Waals surface area (Å²) in [7, 11) is -3.01. The Bertz CT molecular complexity index is 660. The maximum atomic E-state index is 11.0. The highest BCUT2D eigenvalue weighted by atomic mass is 32.2. The second-order valence-corrected chi connectivity index (χ2v) is 6.46. The standard InChI is InChI=1S/C13H15N3O3S/c1-20(17,18)9-8-19-12-5-2-4-11(10-12)16-13-14-6-3-7-15-13/h2-7,10H,8-9H2,1H3,(H,14,15,16). The molecule has 0 aliphatic rings.